The van der Waals surface area contributed by atoms with E-state index >= 15 is 0 Å². The number of rotatable bonds is 6. The third-order valence-electron chi connectivity index (χ3n) is 4.22. The van der Waals surface area contributed by atoms with Crippen LogP contribution in [0.25, 0.3) is 0 Å². The Kier molecular flexibility index (Phi) is 6.07. The van der Waals surface area contributed by atoms with Crippen LogP contribution in [-0.4, -0.2) is 31.3 Å². The molecule has 0 saturated carbocycles. The quantitative estimate of drug-likeness (QED) is 0.845. The van der Waals surface area contributed by atoms with E-state index in [-0.39, 0.29) is 0 Å². The molecule has 1 aliphatic heterocycles. The van der Waals surface area contributed by atoms with Gasteiger partial charge in [-0.2, -0.15) is 0 Å². The van der Waals surface area contributed by atoms with Crippen molar-refractivity contribution in [2.75, 3.05) is 31.1 Å². The van der Waals surface area contributed by atoms with Gasteiger partial charge in [-0.3, -0.25) is 0 Å². The van der Waals surface area contributed by atoms with E-state index in [2.05, 4.69) is 49.2 Å². The van der Waals surface area contributed by atoms with Crippen molar-refractivity contribution in [1.82, 2.24) is 5.32 Å². The van der Waals surface area contributed by atoms with Gasteiger partial charge in [0.25, 0.3) is 0 Å². The summed E-state index contributed by atoms with van der Waals surface area (Å²) in [5.74, 6) is 1.10. The van der Waals surface area contributed by atoms with Crippen LogP contribution in [0.5, 0.6) is 0 Å². The molecule has 0 aromatic heterocycles. The van der Waals surface area contributed by atoms with Gasteiger partial charge in [0.05, 0.1) is 0 Å². The van der Waals surface area contributed by atoms with Crippen LogP contribution in [-0.2, 0) is 6.54 Å². The van der Waals surface area contributed by atoms with Crippen molar-refractivity contribution >= 4 is 5.69 Å². The Morgan fingerprint density at radius 3 is 2.90 bits per heavy atom. The predicted molar refractivity (Wildman–Crippen MR) is 89.7 cm³/mol. The van der Waals surface area contributed by atoms with Gasteiger partial charge in [-0.05, 0) is 49.8 Å². The summed E-state index contributed by atoms with van der Waals surface area (Å²) in [4.78, 5) is 2.45. The number of aryl methyl sites for hydroxylation is 1. The van der Waals surface area contributed by atoms with Crippen LogP contribution in [0.2, 0.25) is 0 Å². The lowest BCUT2D eigenvalue weighted by atomic mass is 9.97. The number of piperidine rings is 1. The Labute approximate surface area is 129 Å². The lowest BCUT2D eigenvalue weighted by Crippen LogP contribution is -2.37. The van der Waals surface area contributed by atoms with Crippen molar-refractivity contribution in [1.29, 1.82) is 0 Å². The van der Waals surface area contributed by atoms with Crippen LogP contribution in [0.1, 0.15) is 37.8 Å². The predicted octanol–water partition coefficient (Wildman–Crippen LogP) is 2.95. The lowest BCUT2D eigenvalue weighted by Gasteiger charge is -2.35. The van der Waals surface area contributed by atoms with Gasteiger partial charge >= 0.3 is 0 Å². The SMILES string of the molecule is Cc1ccc(N2CCCC(CO)C2)c(CNCC(C)C)c1. The molecule has 0 spiro atoms. The highest BCUT2D eigenvalue weighted by Crippen LogP contribution is 2.27. The molecule has 0 bridgehead atoms. The second kappa shape index (κ2) is 7.81. The van der Waals surface area contributed by atoms with Gasteiger partial charge in [-0.25, -0.2) is 0 Å². The highest BCUT2D eigenvalue weighted by Gasteiger charge is 2.21. The Hall–Kier alpha value is -1.06. The largest absolute Gasteiger partial charge is 0.396 e. The number of nitrogens with zero attached hydrogens (tertiary/aromatic N) is 1. The summed E-state index contributed by atoms with van der Waals surface area (Å²) in [5, 5.41) is 13.0. The summed E-state index contributed by atoms with van der Waals surface area (Å²) in [6.07, 6.45) is 2.33. The average Bonchev–Trinajstić information content (AvgIpc) is 2.47. The van der Waals surface area contributed by atoms with Crippen LogP contribution in [0, 0.1) is 18.8 Å². The Bertz CT molecular complexity index is 445. The standard InChI is InChI=1S/C18H30N2O/c1-14(2)10-19-11-17-9-15(3)6-7-18(17)20-8-4-5-16(12-20)13-21/h6-7,9,14,16,19,21H,4-5,8,10-13H2,1-3H3. The summed E-state index contributed by atoms with van der Waals surface area (Å²) in [7, 11) is 0. The molecule has 3 nitrogen and oxygen atoms in total. The number of benzene rings is 1. The molecular weight excluding hydrogens is 260 g/mol. The second-order valence-corrected chi connectivity index (χ2v) is 6.79. The molecule has 1 unspecified atom stereocenters. The van der Waals surface area contributed by atoms with Gasteiger partial charge in [-0.1, -0.05) is 31.5 Å². The molecule has 2 rings (SSSR count). The molecule has 1 aromatic carbocycles. The van der Waals surface area contributed by atoms with E-state index in [4.69, 9.17) is 0 Å². The summed E-state index contributed by atoms with van der Waals surface area (Å²) in [6.45, 7) is 11.0. The smallest absolute Gasteiger partial charge is 0.0476 e. The molecule has 3 heteroatoms. The van der Waals surface area contributed by atoms with Crippen molar-refractivity contribution in [3.05, 3.63) is 29.3 Å². The number of hydrogen-bond donors (Lipinski definition) is 2. The molecule has 0 aliphatic carbocycles. The molecule has 1 fully saturated rings. The molecule has 0 amide bonds. The average molecular weight is 290 g/mol. The van der Waals surface area contributed by atoms with E-state index in [0.29, 0.717) is 18.4 Å². The van der Waals surface area contributed by atoms with Crippen molar-refractivity contribution in [2.24, 2.45) is 11.8 Å². The van der Waals surface area contributed by atoms with Crippen LogP contribution in [0.15, 0.2) is 18.2 Å². The van der Waals surface area contributed by atoms with E-state index in [1.165, 1.54) is 23.2 Å². The first-order valence-corrected chi connectivity index (χ1v) is 8.26. The fourth-order valence-electron chi connectivity index (χ4n) is 3.09. The Morgan fingerprint density at radius 1 is 1.38 bits per heavy atom. The molecule has 1 atom stereocenters. The number of hydrogen-bond acceptors (Lipinski definition) is 3. The topological polar surface area (TPSA) is 35.5 Å². The maximum absolute atomic E-state index is 9.43. The van der Waals surface area contributed by atoms with E-state index in [1.807, 2.05) is 0 Å². The van der Waals surface area contributed by atoms with Gasteiger partial charge < -0.3 is 15.3 Å². The van der Waals surface area contributed by atoms with Crippen LogP contribution < -0.4 is 10.2 Å². The minimum Gasteiger partial charge on any atom is -0.396 e. The Balaban J connectivity index is 2.10. The fourth-order valence-corrected chi connectivity index (χ4v) is 3.09. The van der Waals surface area contributed by atoms with Gasteiger partial charge in [0, 0.05) is 31.9 Å². The summed E-state index contributed by atoms with van der Waals surface area (Å²) in [6, 6.07) is 6.75. The maximum Gasteiger partial charge on any atom is 0.0476 e. The zero-order valence-corrected chi connectivity index (χ0v) is 13.7. The molecule has 1 aliphatic rings. The second-order valence-electron chi connectivity index (χ2n) is 6.79. The zero-order valence-electron chi connectivity index (χ0n) is 13.7. The van der Waals surface area contributed by atoms with Crippen molar-refractivity contribution in [2.45, 2.75) is 40.2 Å². The number of aliphatic hydroxyl groups excluding tert-OH is 1. The molecule has 21 heavy (non-hydrogen) atoms. The van der Waals surface area contributed by atoms with Crippen molar-refractivity contribution in [3.8, 4) is 0 Å². The summed E-state index contributed by atoms with van der Waals surface area (Å²) >= 11 is 0. The third kappa shape index (κ3) is 4.72. The zero-order chi connectivity index (χ0) is 15.2. The fraction of sp³-hybridized carbons (Fsp3) is 0.667. The van der Waals surface area contributed by atoms with Crippen LogP contribution in [0.3, 0.4) is 0 Å². The van der Waals surface area contributed by atoms with Gasteiger partial charge in [-0.15, -0.1) is 0 Å². The molecule has 1 saturated heterocycles. The van der Waals surface area contributed by atoms with Gasteiger partial charge in [0.15, 0.2) is 0 Å². The highest BCUT2D eigenvalue weighted by atomic mass is 16.3. The van der Waals surface area contributed by atoms with Crippen molar-refractivity contribution < 1.29 is 5.11 Å². The molecule has 1 aromatic rings. The number of nitrogens with one attached hydrogen (secondary N) is 1. The maximum atomic E-state index is 9.43. The first kappa shape index (κ1) is 16.3. The first-order valence-electron chi connectivity index (χ1n) is 8.26. The van der Waals surface area contributed by atoms with E-state index in [1.54, 1.807) is 0 Å². The summed E-state index contributed by atoms with van der Waals surface area (Å²) < 4.78 is 0. The summed E-state index contributed by atoms with van der Waals surface area (Å²) in [5.41, 5.74) is 4.04. The number of anilines is 1. The molecule has 1 heterocycles. The minimum absolute atomic E-state index is 0.309. The van der Waals surface area contributed by atoms with Gasteiger partial charge in [0.1, 0.15) is 0 Å². The molecule has 2 N–H and O–H groups in total. The van der Waals surface area contributed by atoms with Crippen LogP contribution in [0.4, 0.5) is 5.69 Å². The van der Waals surface area contributed by atoms with Crippen LogP contribution >= 0.6 is 0 Å². The third-order valence-corrected chi connectivity index (χ3v) is 4.22. The van der Waals surface area contributed by atoms with E-state index < -0.39 is 0 Å². The Morgan fingerprint density at radius 2 is 2.19 bits per heavy atom. The normalized spacial score (nSPS) is 19.3. The molecular formula is C18H30N2O. The molecule has 0 radical (unpaired) electrons. The lowest BCUT2D eigenvalue weighted by molar-refractivity contribution is 0.208. The first-order chi connectivity index (χ1) is 10.1. The molecule has 118 valence electrons. The van der Waals surface area contributed by atoms with Gasteiger partial charge in [0.2, 0.25) is 0 Å². The highest BCUT2D eigenvalue weighted by molar-refractivity contribution is 5.55. The van der Waals surface area contributed by atoms with E-state index in [0.717, 1.165) is 32.6 Å². The monoisotopic (exact) mass is 290 g/mol. The minimum atomic E-state index is 0.309. The van der Waals surface area contributed by atoms with Crippen molar-refractivity contribution in [3.63, 3.8) is 0 Å². The number of aliphatic hydroxyl groups is 1. The van der Waals surface area contributed by atoms with E-state index in [9.17, 15) is 5.11 Å².